The van der Waals surface area contributed by atoms with Crippen molar-refractivity contribution in [3.8, 4) is 0 Å². The van der Waals surface area contributed by atoms with Crippen LogP contribution in [0.15, 0.2) is 0 Å². The molecule has 0 aliphatic rings. The summed E-state index contributed by atoms with van der Waals surface area (Å²) in [5.41, 5.74) is 0. The Morgan fingerprint density at radius 2 is 1.91 bits per heavy atom. The summed E-state index contributed by atoms with van der Waals surface area (Å²) in [6.45, 7) is 6.57. The van der Waals surface area contributed by atoms with Crippen molar-refractivity contribution in [2.24, 2.45) is 5.92 Å². The van der Waals surface area contributed by atoms with Crippen LogP contribution in [0.5, 0.6) is 0 Å². The van der Waals surface area contributed by atoms with E-state index in [1.54, 1.807) is 0 Å². The Hall–Kier alpha value is -0.570. The van der Waals surface area contributed by atoms with Crippen LogP contribution >= 0.6 is 0 Å². The second-order valence-corrected chi connectivity index (χ2v) is 3.12. The molecule has 1 atom stereocenters. The van der Waals surface area contributed by atoms with Crippen LogP contribution in [-0.2, 0) is 4.79 Å². The van der Waals surface area contributed by atoms with Gasteiger partial charge in [0, 0.05) is 18.5 Å². The number of nitrogens with one attached hydrogen (secondary N) is 2. The molecule has 1 unspecified atom stereocenters. The molecule has 0 aromatic heterocycles. The van der Waals surface area contributed by atoms with Crippen molar-refractivity contribution in [1.29, 1.82) is 0 Å². The van der Waals surface area contributed by atoms with Crippen LogP contribution in [0.4, 0.5) is 0 Å². The molecule has 11 heavy (non-hydrogen) atoms. The molecule has 0 spiro atoms. The quantitative estimate of drug-likeness (QED) is 0.620. The molecule has 3 nitrogen and oxygen atoms in total. The van der Waals surface area contributed by atoms with Crippen molar-refractivity contribution in [3.63, 3.8) is 0 Å². The largest absolute Gasteiger partial charge is 0.354 e. The van der Waals surface area contributed by atoms with E-state index < -0.39 is 0 Å². The second-order valence-electron chi connectivity index (χ2n) is 3.12. The fraction of sp³-hybridized carbons (Fsp3) is 0.875. The van der Waals surface area contributed by atoms with Crippen molar-refractivity contribution in [2.45, 2.75) is 26.8 Å². The van der Waals surface area contributed by atoms with E-state index in [2.05, 4.69) is 10.6 Å². The summed E-state index contributed by atoms with van der Waals surface area (Å²) in [4.78, 5) is 11.2. The molecule has 0 bridgehead atoms. The van der Waals surface area contributed by atoms with Crippen molar-refractivity contribution in [1.82, 2.24) is 10.6 Å². The maximum Gasteiger partial charge on any atom is 0.224 e. The molecule has 2 N–H and O–H groups in total. The third-order valence-corrected chi connectivity index (χ3v) is 1.39. The average molecular weight is 158 g/mol. The lowest BCUT2D eigenvalue weighted by atomic mass is 10.1. The van der Waals surface area contributed by atoms with Crippen LogP contribution < -0.4 is 10.6 Å². The van der Waals surface area contributed by atoms with E-state index in [4.69, 9.17) is 0 Å². The Kier molecular flexibility index (Phi) is 4.86. The van der Waals surface area contributed by atoms with Gasteiger partial charge in [-0.2, -0.15) is 0 Å². The fourth-order valence-corrected chi connectivity index (χ4v) is 0.826. The predicted molar refractivity (Wildman–Crippen MR) is 46.4 cm³/mol. The molecule has 3 heteroatoms. The zero-order valence-corrected chi connectivity index (χ0v) is 7.77. The first-order valence-corrected chi connectivity index (χ1v) is 4.03. The van der Waals surface area contributed by atoms with Gasteiger partial charge in [-0.1, -0.05) is 6.92 Å². The van der Waals surface area contributed by atoms with Crippen LogP contribution in [0.3, 0.4) is 0 Å². The van der Waals surface area contributed by atoms with Gasteiger partial charge in [-0.3, -0.25) is 4.79 Å². The zero-order chi connectivity index (χ0) is 8.85. The summed E-state index contributed by atoms with van der Waals surface area (Å²) >= 11 is 0. The minimum Gasteiger partial charge on any atom is -0.354 e. The lowest BCUT2D eigenvalue weighted by Crippen LogP contribution is -2.37. The van der Waals surface area contributed by atoms with Crippen molar-refractivity contribution in [3.05, 3.63) is 0 Å². The summed E-state index contributed by atoms with van der Waals surface area (Å²) in [7, 11) is 1.85. The number of carbonyl (C=O) groups is 1. The van der Waals surface area contributed by atoms with Gasteiger partial charge in [-0.25, -0.2) is 0 Å². The first-order valence-electron chi connectivity index (χ1n) is 4.03. The van der Waals surface area contributed by atoms with Crippen molar-refractivity contribution in [2.75, 3.05) is 13.6 Å². The molecular weight excluding hydrogens is 140 g/mol. The summed E-state index contributed by atoms with van der Waals surface area (Å²) in [5, 5.41) is 5.81. The molecule has 0 fully saturated rings. The molecule has 1 amide bonds. The van der Waals surface area contributed by atoms with Gasteiger partial charge >= 0.3 is 0 Å². The van der Waals surface area contributed by atoms with E-state index in [1.807, 2.05) is 27.8 Å². The van der Waals surface area contributed by atoms with Crippen LogP contribution in [-0.4, -0.2) is 25.5 Å². The number of amides is 1. The van der Waals surface area contributed by atoms with E-state index in [0.29, 0.717) is 0 Å². The first-order chi connectivity index (χ1) is 5.07. The van der Waals surface area contributed by atoms with E-state index >= 15 is 0 Å². The molecule has 0 aromatic carbocycles. The lowest BCUT2D eigenvalue weighted by Gasteiger charge is -2.13. The first kappa shape index (κ1) is 10.4. The van der Waals surface area contributed by atoms with Crippen molar-refractivity contribution < 1.29 is 4.79 Å². The molecule has 0 saturated heterocycles. The van der Waals surface area contributed by atoms with E-state index in [0.717, 1.165) is 6.54 Å². The van der Waals surface area contributed by atoms with Crippen LogP contribution in [0, 0.1) is 5.92 Å². The van der Waals surface area contributed by atoms with Gasteiger partial charge in [0.1, 0.15) is 0 Å². The fourth-order valence-electron chi connectivity index (χ4n) is 0.826. The normalized spacial score (nSPS) is 13.2. The SMILES string of the molecule is CNCC(C)C(=O)NC(C)C. The van der Waals surface area contributed by atoms with Gasteiger partial charge < -0.3 is 10.6 Å². The van der Waals surface area contributed by atoms with Gasteiger partial charge in [-0.05, 0) is 20.9 Å². The monoisotopic (exact) mass is 158 g/mol. The number of carbonyl (C=O) groups excluding carboxylic acids is 1. The summed E-state index contributed by atoms with van der Waals surface area (Å²) in [6, 6.07) is 0.238. The smallest absolute Gasteiger partial charge is 0.224 e. The molecule has 0 aliphatic carbocycles. The molecule has 66 valence electrons. The number of hydrogen-bond acceptors (Lipinski definition) is 2. The predicted octanol–water partition coefficient (Wildman–Crippen LogP) is 0.366. The zero-order valence-electron chi connectivity index (χ0n) is 7.77. The molecule has 0 heterocycles. The van der Waals surface area contributed by atoms with Crippen molar-refractivity contribution >= 4 is 5.91 Å². The lowest BCUT2D eigenvalue weighted by molar-refractivity contribution is -0.124. The average Bonchev–Trinajstić information content (AvgIpc) is 1.86. The molecule has 0 radical (unpaired) electrons. The highest BCUT2D eigenvalue weighted by atomic mass is 16.1. The molecule has 0 aromatic rings. The summed E-state index contributed by atoms with van der Waals surface area (Å²) in [6.07, 6.45) is 0. The minimum atomic E-state index is 0.0578. The Morgan fingerprint density at radius 1 is 1.36 bits per heavy atom. The van der Waals surface area contributed by atoms with Crippen LogP contribution in [0.2, 0.25) is 0 Å². The molecule has 0 saturated carbocycles. The number of rotatable bonds is 4. The van der Waals surface area contributed by atoms with Gasteiger partial charge in [0.15, 0.2) is 0 Å². The van der Waals surface area contributed by atoms with Gasteiger partial charge in [0.2, 0.25) is 5.91 Å². The highest BCUT2D eigenvalue weighted by molar-refractivity contribution is 5.78. The topological polar surface area (TPSA) is 41.1 Å². The van der Waals surface area contributed by atoms with Gasteiger partial charge in [0.25, 0.3) is 0 Å². The van der Waals surface area contributed by atoms with E-state index in [1.165, 1.54) is 0 Å². The van der Waals surface area contributed by atoms with Crippen LogP contribution in [0.25, 0.3) is 0 Å². The molecular formula is C8H18N2O. The van der Waals surface area contributed by atoms with E-state index in [9.17, 15) is 4.79 Å². The highest BCUT2D eigenvalue weighted by Crippen LogP contribution is 1.92. The highest BCUT2D eigenvalue weighted by Gasteiger charge is 2.11. The Labute approximate surface area is 68.6 Å². The third kappa shape index (κ3) is 4.79. The van der Waals surface area contributed by atoms with Crippen LogP contribution in [0.1, 0.15) is 20.8 Å². The summed E-state index contributed by atoms with van der Waals surface area (Å²) in [5.74, 6) is 0.178. The molecule has 0 rings (SSSR count). The summed E-state index contributed by atoms with van der Waals surface area (Å²) < 4.78 is 0. The van der Waals surface area contributed by atoms with E-state index in [-0.39, 0.29) is 17.9 Å². The standard InChI is InChI=1S/C8H18N2O/c1-6(2)10-8(11)7(3)5-9-4/h6-7,9H,5H2,1-4H3,(H,10,11). The van der Waals surface area contributed by atoms with Gasteiger partial charge in [-0.15, -0.1) is 0 Å². The number of hydrogen-bond donors (Lipinski definition) is 2. The second kappa shape index (κ2) is 5.13. The minimum absolute atomic E-state index is 0.0578. The maximum atomic E-state index is 11.2. The maximum absolute atomic E-state index is 11.2. The Morgan fingerprint density at radius 3 is 2.27 bits per heavy atom. The Balaban J connectivity index is 3.64. The third-order valence-electron chi connectivity index (χ3n) is 1.39. The molecule has 0 aliphatic heterocycles. The Bertz CT molecular complexity index is 123. The van der Waals surface area contributed by atoms with Gasteiger partial charge in [0.05, 0.1) is 0 Å².